The molecule has 182 valence electrons. The van der Waals surface area contributed by atoms with E-state index in [2.05, 4.69) is 22.9 Å². The van der Waals surface area contributed by atoms with Gasteiger partial charge in [-0.05, 0) is 54.5 Å². The van der Waals surface area contributed by atoms with Crippen LogP contribution in [0.15, 0.2) is 78.9 Å². The Kier molecular flexibility index (Phi) is 10.3. The molecule has 3 aromatic carbocycles. The van der Waals surface area contributed by atoms with Crippen molar-refractivity contribution in [3.8, 4) is 5.75 Å². The number of amides is 2. The highest BCUT2D eigenvalue weighted by Crippen LogP contribution is 2.19. The van der Waals surface area contributed by atoms with Gasteiger partial charge in [0, 0.05) is 24.2 Å². The van der Waals surface area contributed by atoms with Crippen molar-refractivity contribution >= 4 is 40.5 Å². The number of carbonyl (C=O) groups excluding carboxylic acids is 2. The number of hydrogen-bond donors (Lipinski definition) is 3. The minimum absolute atomic E-state index is 0.0182. The van der Waals surface area contributed by atoms with Crippen LogP contribution in [0.25, 0.3) is 0 Å². The number of thiocarbonyl (C=S) groups is 1. The summed E-state index contributed by atoms with van der Waals surface area (Å²) in [5.41, 5.74) is 2.90. The minimum Gasteiger partial charge on any atom is -0.492 e. The molecule has 7 heteroatoms. The number of carbonyl (C=O) groups is 2. The lowest BCUT2D eigenvalue weighted by Gasteiger charge is -2.14. The van der Waals surface area contributed by atoms with Crippen LogP contribution in [-0.2, 0) is 11.2 Å². The molecule has 0 unspecified atom stereocenters. The van der Waals surface area contributed by atoms with E-state index in [-0.39, 0.29) is 16.9 Å². The van der Waals surface area contributed by atoms with Gasteiger partial charge in [0.15, 0.2) is 5.11 Å². The molecule has 0 saturated heterocycles. The van der Waals surface area contributed by atoms with Crippen LogP contribution in [0.5, 0.6) is 5.75 Å². The van der Waals surface area contributed by atoms with Crippen LogP contribution >= 0.6 is 12.2 Å². The van der Waals surface area contributed by atoms with Crippen molar-refractivity contribution in [2.75, 3.05) is 17.2 Å². The Hall–Kier alpha value is -3.71. The van der Waals surface area contributed by atoms with Crippen molar-refractivity contribution in [3.63, 3.8) is 0 Å². The lowest BCUT2D eigenvalue weighted by atomic mass is 10.1. The van der Waals surface area contributed by atoms with Crippen LogP contribution in [0, 0.1) is 0 Å². The van der Waals surface area contributed by atoms with E-state index in [0.29, 0.717) is 35.7 Å². The number of hydrogen-bond acceptors (Lipinski definition) is 4. The number of anilines is 2. The number of unbranched alkanes of at least 4 members (excludes halogenated alkanes) is 2. The second-order valence-electron chi connectivity index (χ2n) is 8.07. The maximum absolute atomic E-state index is 12.9. The van der Waals surface area contributed by atoms with Gasteiger partial charge in [-0.15, -0.1) is 0 Å². The van der Waals surface area contributed by atoms with E-state index >= 15 is 0 Å². The van der Waals surface area contributed by atoms with E-state index in [9.17, 15) is 9.59 Å². The lowest BCUT2D eigenvalue weighted by Crippen LogP contribution is -2.34. The van der Waals surface area contributed by atoms with Gasteiger partial charge in [-0.3, -0.25) is 14.9 Å². The first kappa shape index (κ1) is 25.9. The smallest absolute Gasteiger partial charge is 0.261 e. The molecule has 0 radical (unpaired) electrons. The quantitative estimate of drug-likeness (QED) is 0.229. The predicted octanol–water partition coefficient (Wildman–Crippen LogP) is 5.95. The van der Waals surface area contributed by atoms with Gasteiger partial charge < -0.3 is 15.4 Å². The van der Waals surface area contributed by atoms with Gasteiger partial charge in [-0.2, -0.15) is 0 Å². The Labute approximate surface area is 212 Å². The maximum Gasteiger partial charge on any atom is 0.261 e. The molecule has 0 heterocycles. The molecule has 3 N–H and O–H groups in total. The van der Waals surface area contributed by atoms with Gasteiger partial charge in [-0.25, -0.2) is 0 Å². The first-order valence-electron chi connectivity index (χ1n) is 11.8. The topological polar surface area (TPSA) is 79.5 Å². The third-order valence-electron chi connectivity index (χ3n) is 5.26. The molecular weight excluding hydrogens is 458 g/mol. The number of ether oxygens (including phenoxy) is 1. The Bertz CT molecular complexity index is 1140. The monoisotopic (exact) mass is 489 g/mol. The summed E-state index contributed by atoms with van der Waals surface area (Å²) in [6, 6.07) is 24.3. The van der Waals surface area contributed by atoms with Crippen molar-refractivity contribution in [1.82, 2.24) is 5.32 Å². The summed E-state index contributed by atoms with van der Waals surface area (Å²) in [7, 11) is 0. The van der Waals surface area contributed by atoms with Crippen molar-refractivity contribution in [2.45, 2.75) is 39.0 Å². The molecular formula is C28H31N3O3S. The number of benzene rings is 3. The number of nitrogens with one attached hydrogen (secondary N) is 3. The van der Waals surface area contributed by atoms with Crippen molar-refractivity contribution in [2.24, 2.45) is 0 Å². The van der Waals surface area contributed by atoms with E-state index in [1.807, 2.05) is 54.6 Å². The highest BCUT2D eigenvalue weighted by atomic mass is 32.1. The molecule has 2 amide bonds. The zero-order valence-corrected chi connectivity index (χ0v) is 20.7. The van der Waals surface area contributed by atoms with Gasteiger partial charge >= 0.3 is 0 Å². The maximum atomic E-state index is 12.9. The Morgan fingerprint density at radius 3 is 2.34 bits per heavy atom. The Balaban J connectivity index is 1.53. The Morgan fingerprint density at radius 2 is 1.57 bits per heavy atom. The summed E-state index contributed by atoms with van der Waals surface area (Å²) in [5, 5.41) is 8.75. The summed E-state index contributed by atoms with van der Waals surface area (Å²) in [4.78, 5) is 24.9. The summed E-state index contributed by atoms with van der Waals surface area (Å²) in [6.45, 7) is 2.56. The molecule has 0 bridgehead atoms. The average Bonchev–Trinajstić information content (AvgIpc) is 2.85. The third-order valence-corrected chi connectivity index (χ3v) is 5.47. The van der Waals surface area contributed by atoms with Gasteiger partial charge in [0.25, 0.3) is 5.91 Å². The molecule has 6 nitrogen and oxygen atoms in total. The molecule has 0 aliphatic carbocycles. The van der Waals surface area contributed by atoms with Crippen molar-refractivity contribution in [3.05, 3.63) is 90.0 Å². The highest BCUT2D eigenvalue weighted by molar-refractivity contribution is 7.80. The molecule has 0 aliphatic rings. The standard InChI is InChI=1S/C28H31N3O3S/c1-2-3-5-17-26(32)29-22-13-10-14-23(20-22)30-28(35)31-27(33)24-15-8-9-16-25(24)34-19-18-21-11-6-4-7-12-21/h4,6-16,20H,2-3,5,17-19H2,1H3,(H,29,32)(H2,30,31,33,35). The van der Waals surface area contributed by atoms with Crippen LogP contribution in [0.2, 0.25) is 0 Å². The molecule has 0 fully saturated rings. The first-order valence-corrected chi connectivity index (χ1v) is 12.2. The molecule has 0 spiro atoms. The first-order chi connectivity index (χ1) is 17.0. The number of para-hydroxylation sites is 1. The van der Waals surface area contributed by atoms with Gasteiger partial charge in [0.2, 0.25) is 5.91 Å². The van der Waals surface area contributed by atoms with E-state index < -0.39 is 0 Å². The van der Waals surface area contributed by atoms with Crippen molar-refractivity contribution < 1.29 is 14.3 Å². The highest BCUT2D eigenvalue weighted by Gasteiger charge is 2.14. The van der Waals surface area contributed by atoms with Gasteiger partial charge in [0.05, 0.1) is 12.2 Å². The molecule has 0 aromatic heterocycles. The molecule has 3 aromatic rings. The molecule has 35 heavy (non-hydrogen) atoms. The zero-order chi connectivity index (χ0) is 24.9. The van der Waals surface area contributed by atoms with Crippen LogP contribution in [0.1, 0.15) is 48.5 Å². The summed E-state index contributed by atoms with van der Waals surface area (Å²) < 4.78 is 5.89. The summed E-state index contributed by atoms with van der Waals surface area (Å²) >= 11 is 5.34. The van der Waals surface area contributed by atoms with E-state index in [4.69, 9.17) is 17.0 Å². The SMILES string of the molecule is CCCCCC(=O)Nc1cccc(NC(=S)NC(=O)c2ccccc2OCCc2ccccc2)c1. The third kappa shape index (κ3) is 8.87. The average molecular weight is 490 g/mol. The van der Waals surface area contributed by atoms with Crippen LogP contribution < -0.4 is 20.7 Å². The van der Waals surface area contributed by atoms with Gasteiger partial charge in [-0.1, -0.05) is 68.3 Å². The fourth-order valence-electron chi connectivity index (χ4n) is 3.47. The largest absolute Gasteiger partial charge is 0.492 e. The molecule has 0 atom stereocenters. The van der Waals surface area contributed by atoms with Crippen LogP contribution in [0.4, 0.5) is 11.4 Å². The fourth-order valence-corrected chi connectivity index (χ4v) is 3.68. The molecule has 0 saturated carbocycles. The number of rotatable bonds is 11. The predicted molar refractivity (Wildman–Crippen MR) is 145 cm³/mol. The van der Waals surface area contributed by atoms with Crippen molar-refractivity contribution in [1.29, 1.82) is 0 Å². The van der Waals surface area contributed by atoms with Gasteiger partial charge in [0.1, 0.15) is 5.75 Å². The normalized spacial score (nSPS) is 10.3. The van der Waals surface area contributed by atoms with E-state index in [1.54, 1.807) is 24.3 Å². The minimum atomic E-state index is -0.363. The zero-order valence-electron chi connectivity index (χ0n) is 19.9. The van der Waals surface area contributed by atoms with E-state index in [1.165, 1.54) is 5.56 Å². The van der Waals surface area contributed by atoms with E-state index in [0.717, 1.165) is 25.7 Å². The second-order valence-corrected chi connectivity index (χ2v) is 8.48. The molecule has 3 rings (SSSR count). The summed E-state index contributed by atoms with van der Waals surface area (Å²) in [5.74, 6) is 0.116. The second kappa shape index (κ2) is 13.9. The lowest BCUT2D eigenvalue weighted by molar-refractivity contribution is -0.116. The molecule has 0 aliphatic heterocycles. The van der Waals surface area contributed by atoms with Crippen LogP contribution in [-0.4, -0.2) is 23.5 Å². The summed E-state index contributed by atoms with van der Waals surface area (Å²) in [6.07, 6.45) is 4.20. The van der Waals surface area contributed by atoms with Crippen LogP contribution in [0.3, 0.4) is 0 Å². The fraction of sp³-hybridized carbons (Fsp3) is 0.250. The Morgan fingerprint density at radius 1 is 0.857 bits per heavy atom.